The lowest BCUT2D eigenvalue weighted by molar-refractivity contribution is -0.156. The number of anilines is 1. The van der Waals surface area contributed by atoms with Crippen molar-refractivity contribution >= 4 is 40.0 Å². The van der Waals surface area contributed by atoms with Gasteiger partial charge in [0.25, 0.3) is 17.7 Å². The van der Waals surface area contributed by atoms with Gasteiger partial charge in [-0.1, -0.05) is 31.5 Å². The van der Waals surface area contributed by atoms with E-state index in [1.165, 1.54) is 13.0 Å². The summed E-state index contributed by atoms with van der Waals surface area (Å²) < 4.78 is 5.27. The molecule has 1 unspecified atom stereocenters. The number of ether oxygens (including phenoxy) is 1. The number of amides is 3. The number of hydrogen-bond donors (Lipinski definition) is 3. The predicted octanol–water partition coefficient (Wildman–Crippen LogP) is 2.48. The molecule has 0 aliphatic carbocycles. The Morgan fingerprint density at radius 3 is 2.40 bits per heavy atom. The maximum absolute atomic E-state index is 12.6. The molecular formula is C21H25N3O5S. The summed E-state index contributed by atoms with van der Waals surface area (Å²) >= 11 is 1.13. The monoisotopic (exact) mass is 431 g/mol. The van der Waals surface area contributed by atoms with Gasteiger partial charge in [0.05, 0.1) is 5.56 Å². The van der Waals surface area contributed by atoms with Crippen molar-refractivity contribution in [1.29, 1.82) is 0 Å². The van der Waals surface area contributed by atoms with E-state index < -0.39 is 35.8 Å². The summed E-state index contributed by atoms with van der Waals surface area (Å²) in [6.07, 6.45) is -1.14. The van der Waals surface area contributed by atoms with Crippen molar-refractivity contribution in [2.24, 2.45) is 11.7 Å². The molecule has 0 radical (unpaired) electrons. The first-order valence-electron chi connectivity index (χ1n) is 9.36. The van der Waals surface area contributed by atoms with Crippen LogP contribution in [0.25, 0.3) is 0 Å². The van der Waals surface area contributed by atoms with E-state index in [2.05, 4.69) is 10.6 Å². The molecule has 0 aliphatic rings. The highest BCUT2D eigenvalue weighted by Crippen LogP contribution is 2.23. The van der Waals surface area contributed by atoms with E-state index >= 15 is 0 Å². The molecule has 1 aromatic heterocycles. The molecule has 0 spiro atoms. The lowest BCUT2D eigenvalue weighted by Crippen LogP contribution is -2.47. The molecule has 2 rings (SSSR count). The van der Waals surface area contributed by atoms with Crippen molar-refractivity contribution in [2.45, 2.75) is 39.8 Å². The normalized spacial score (nSPS) is 12.7. The number of hydrogen-bond acceptors (Lipinski definition) is 6. The fourth-order valence-corrected chi connectivity index (χ4v) is 3.42. The van der Waals surface area contributed by atoms with Crippen LogP contribution in [0.15, 0.2) is 35.7 Å². The summed E-state index contributed by atoms with van der Waals surface area (Å²) in [5, 5.41) is 7.10. The molecular weight excluding hydrogens is 406 g/mol. The van der Waals surface area contributed by atoms with Crippen LogP contribution in [0.3, 0.4) is 0 Å². The van der Waals surface area contributed by atoms with Gasteiger partial charge in [-0.25, -0.2) is 4.79 Å². The fraction of sp³-hybridized carbons (Fsp3) is 0.333. The Hall–Kier alpha value is -3.20. The van der Waals surface area contributed by atoms with Crippen LogP contribution in [0.2, 0.25) is 0 Å². The van der Waals surface area contributed by atoms with Gasteiger partial charge in [0.1, 0.15) is 11.0 Å². The zero-order chi connectivity index (χ0) is 22.4. The average molecular weight is 432 g/mol. The van der Waals surface area contributed by atoms with Crippen molar-refractivity contribution in [3.8, 4) is 0 Å². The number of nitrogens with two attached hydrogens (primary N) is 1. The summed E-state index contributed by atoms with van der Waals surface area (Å²) in [7, 11) is 0. The van der Waals surface area contributed by atoms with E-state index in [4.69, 9.17) is 10.5 Å². The number of carbonyl (C=O) groups excluding carboxylic acids is 4. The SMILES string of the molecule is Cc1cccc(C(=O)N[C@H](C(=O)OC(C)C(=O)Nc2sccc2C(N)=O)C(C)C)c1. The highest BCUT2D eigenvalue weighted by molar-refractivity contribution is 7.14. The van der Waals surface area contributed by atoms with Gasteiger partial charge in [0.15, 0.2) is 6.10 Å². The molecule has 2 aromatic rings. The van der Waals surface area contributed by atoms with Crippen molar-refractivity contribution < 1.29 is 23.9 Å². The van der Waals surface area contributed by atoms with Gasteiger partial charge < -0.3 is 21.1 Å². The maximum Gasteiger partial charge on any atom is 0.329 e. The lowest BCUT2D eigenvalue weighted by Gasteiger charge is -2.23. The second-order valence-electron chi connectivity index (χ2n) is 7.16. The average Bonchev–Trinajstić information content (AvgIpc) is 3.13. The molecule has 8 nitrogen and oxygen atoms in total. The van der Waals surface area contributed by atoms with E-state index in [0.717, 1.165) is 16.9 Å². The van der Waals surface area contributed by atoms with Crippen LogP contribution in [0.5, 0.6) is 0 Å². The first-order chi connectivity index (χ1) is 14.1. The summed E-state index contributed by atoms with van der Waals surface area (Å²) in [6, 6.07) is 7.54. The molecule has 160 valence electrons. The van der Waals surface area contributed by atoms with Crippen LogP contribution in [-0.4, -0.2) is 35.8 Å². The Morgan fingerprint density at radius 1 is 1.10 bits per heavy atom. The van der Waals surface area contributed by atoms with E-state index in [-0.39, 0.29) is 16.5 Å². The standard InChI is InChI=1S/C21H25N3O5S/c1-11(2)16(23-19(27)14-7-5-6-12(3)10-14)21(28)29-13(4)18(26)24-20-15(17(22)25)8-9-30-20/h5-11,13,16H,1-4H3,(H2,22,25)(H,23,27)(H,24,26)/t13?,16-/m0/s1. The number of primary amides is 1. The topological polar surface area (TPSA) is 128 Å². The number of aryl methyl sites for hydroxylation is 1. The molecule has 0 aliphatic heterocycles. The molecule has 1 aromatic carbocycles. The predicted molar refractivity (Wildman–Crippen MR) is 114 cm³/mol. The zero-order valence-electron chi connectivity index (χ0n) is 17.2. The summed E-state index contributed by atoms with van der Waals surface area (Å²) in [5.41, 5.74) is 6.78. The van der Waals surface area contributed by atoms with Crippen molar-refractivity contribution in [1.82, 2.24) is 5.32 Å². The van der Waals surface area contributed by atoms with Gasteiger partial charge >= 0.3 is 5.97 Å². The second kappa shape index (κ2) is 10.0. The second-order valence-corrected chi connectivity index (χ2v) is 8.08. The van der Waals surface area contributed by atoms with E-state index in [9.17, 15) is 19.2 Å². The molecule has 3 amide bonds. The van der Waals surface area contributed by atoms with Crippen molar-refractivity contribution in [3.63, 3.8) is 0 Å². The van der Waals surface area contributed by atoms with Crippen LogP contribution in [0.1, 0.15) is 47.1 Å². The fourth-order valence-electron chi connectivity index (χ4n) is 2.62. The molecule has 30 heavy (non-hydrogen) atoms. The number of nitrogens with one attached hydrogen (secondary N) is 2. The van der Waals surface area contributed by atoms with Crippen molar-refractivity contribution in [3.05, 3.63) is 52.4 Å². The number of carbonyl (C=O) groups is 4. The molecule has 0 saturated carbocycles. The highest BCUT2D eigenvalue weighted by Gasteiger charge is 2.29. The van der Waals surface area contributed by atoms with Gasteiger partial charge in [-0.2, -0.15) is 0 Å². The number of esters is 1. The quantitative estimate of drug-likeness (QED) is 0.553. The van der Waals surface area contributed by atoms with Crippen molar-refractivity contribution in [2.75, 3.05) is 5.32 Å². The van der Waals surface area contributed by atoms with Gasteiger partial charge in [0, 0.05) is 5.56 Å². The van der Waals surface area contributed by atoms with E-state index in [1.54, 1.807) is 37.4 Å². The minimum absolute atomic E-state index is 0.178. The van der Waals surface area contributed by atoms with E-state index in [0.29, 0.717) is 5.56 Å². The number of benzene rings is 1. The van der Waals surface area contributed by atoms with Crippen LogP contribution >= 0.6 is 11.3 Å². The Labute approximate surface area is 178 Å². The molecule has 0 fully saturated rings. The summed E-state index contributed by atoms with van der Waals surface area (Å²) in [6.45, 7) is 6.79. The summed E-state index contributed by atoms with van der Waals surface area (Å²) in [4.78, 5) is 48.9. The minimum Gasteiger partial charge on any atom is -0.451 e. The third kappa shape index (κ3) is 5.90. The van der Waals surface area contributed by atoms with Gasteiger partial charge in [-0.05, 0) is 43.3 Å². The van der Waals surface area contributed by atoms with E-state index in [1.807, 2.05) is 13.0 Å². The molecule has 2 atom stereocenters. The first-order valence-corrected chi connectivity index (χ1v) is 10.2. The molecule has 4 N–H and O–H groups in total. The Morgan fingerprint density at radius 2 is 1.80 bits per heavy atom. The summed E-state index contributed by atoms with van der Waals surface area (Å²) in [5.74, 6) is -2.68. The molecule has 0 saturated heterocycles. The molecule has 1 heterocycles. The van der Waals surface area contributed by atoms with Gasteiger partial charge in [-0.15, -0.1) is 11.3 Å². The molecule has 9 heteroatoms. The van der Waals surface area contributed by atoms with Gasteiger partial charge in [-0.3, -0.25) is 14.4 Å². The minimum atomic E-state index is -1.14. The Bertz CT molecular complexity index is 954. The number of thiophene rings is 1. The largest absolute Gasteiger partial charge is 0.451 e. The number of rotatable bonds is 8. The van der Waals surface area contributed by atoms with Gasteiger partial charge in [0.2, 0.25) is 0 Å². The lowest BCUT2D eigenvalue weighted by atomic mass is 10.0. The van der Waals surface area contributed by atoms with Crippen LogP contribution in [0.4, 0.5) is 5.00 Å². The smallest absolute Gasteiger partial charge is 0.329 e. The Kier molecular flexibility index (Phi) is 7.71. The Balaban J connectivity index is 2.03. The van der Waals surface area contributed by atoms with Crippen LogP contribution in [0, 0.1) is 12.8 Å². The third-order valence-electron chi connectivity index (χ3n) is 4.32. The third-order valence-corrected chi connectivity index (χ3v) is 5.15. The maximum atomic E-state index is 12.6. The molecule has 0 bridgehead atoms. The van der Waals surface area contributed by atoms with Crippen LogP contribution < -0.4 is 16.4 Å². The first kappa shape index (κ1) is 23.1. The highest BCUT2D eigenvalue weighted by atomic mass is 32.1. The van der Waals surface area contributed by atoms with Crippen LogP contribution in [-0.2, 0) is 14.3 Å². The zero-order valence-corrected chi connectivity index (χ0v) is 18.0.